The van der Waals surface area contributed by atoms with E-state index in [0.29, 0.717) is 5.75 Å². The molecule has 0 aromatic heterocycles. The van der Waals surface area contributed by atoms with Crippen LogP contribution in [0.3, 0.4) is 0 Å². The van der Waals surface area contributed by atoms with Crippen LogP contribution in [-0.2, 0) is 4.79 Å². The molecule has 0 radical (unpaired) electrons. The maximum Gasteiger partial charge on any atom is 0.261 e. The first-order valence-electron chi connectivity index (χ1n) is 7.09. The Hall–Kier alpha value is -2.10. The first kappa shape index (κ1) is 15.3. The number of nitrogens with zero attached hydrogens (tertiary/aromatic N) is 1. The zero-order chi connectivity index (χ0) is 15.2. The monoisotopic (exact) mass is 289 g/mol. The third-order valence-corrected chi connectivity index (χ3v) is 3.56. The third-order valence-electron chi connectivity index (χ3n) is 3.56. The molecule has 112 valence electrons. The van der Waals surface area contributed by atoms with E-state index in [1.165, 1.54) is 24.3 Å². The van der Waals surface area contributed by atoms with Gasteiger partial charge in [-0.3, -0.25) is 4.79 Å². The van der Waals surface area contributed by atoms with Crippen molar-refractivity contribution in [1.29, 1.82) is 0 Å². The minimum atomic E-state index is -0.325. The van der Waals surface area contributed by atoms with Gasteiger partial charge in [-0.25, -0.2) is 4.39 Å². The van der Waals surface area contributed by atoms with Crippen molar-refractivity contribution in [3.8, 4) is 5.75 Å². The molecule has 0 bridgehead atoms. The highest BCUT2D eigenvalue weighted by atomic mass is 19.1. The second-order valence-electron chi connectivity index (χ2n) is 5.13. The number of halogens is 1. The molecular formula is C17H20FNO2. The lowest BCUT2D eigenvalue weighted by molar-refractivity contribution is -0.137. The number of hydrogen-bond donors (Lipinski definition) is 0. The van der Waals surface area contributed by atoms with Crippen molar-refractivity contribution in [3.05, 3.63) is 54.9 Å². The molecule has 2 atom stereocenters. The Balaban J connectivity index is 1.98. The minimum Gasteiger partial charge on any atom is -0.484 e. The molecule has 1 aromatic rings. The van der Waals surface area contributed by atoms with E-state index < -0.39 is 0 Å². The highest BCUT2D eigenvalue weighted by molar-refractivity contribution is 5.79. The molecule has 0 N–H and O–H groups in total. The van der Waals surface area contributed by atoms with Gasteiger partial charge in [0.2, 0.25) is 0 Å². The van der Waals surface area contributed by atoms with Crippen molar-refractivity contribution in [3.63, 3.8) is 0 Å². The van der Waals surface area contributed by atoms with Gasteiger partial charge in [0, 0.05) is 12.1 Å². The summed E-state index contributed by atoms with van der Waals surface area (Å²) in [5, 5.41) is 0. The number of rotatable bonds is 5. The fraction of sp³-hybridized carbons (Fsp3) is 0.353. The fourth-order valence-corrected chi connectivity index (χ4v) is 2.55. The van der Waals surface area contributed by atoms with Gasteiger partial charge < -0.3 is 9.64 Å². The average molecular weight is 289 g/mol. The van der Waals surface area contributed by atoms with Gasteiger partial charge in [0.1, 0.15) is 11.6 Å². The average Bonchev–Trinajstić information content (AvgIpc) is 2.47. The Morgan fingerprint density at radius 3 is 2.86 bits per heavy atom. The van der Waals surface area contributed by atoms with Crippen molar-refractivity contribution in [1.82, 2.24) is 4.90 Å². The summed E-state index contributed by atoms with van der Waals surface area (Å²) in [6.07, 6.45) is 7.55. The van der Waals surface area contributed by atoms with Crippen molar-refractivity contribution in [2.45, 2.75) is 31.8 Å². The topological polar surface area (TPSA) is 29.5 Å². The van der Waals surface area contributed by atoms with E-state index >= 15 is 0 Å². The van der Waals surface area contributed by atoms with Gasteiger partial charge in [-0.2, -0.15) is 0 Å². The molecule has 0 saturated heterocycles. The van der Waals surface area contributed by atoms with Crippen LogP contribution >= 0.6 is 0 Å². The lowest BCUT2D eigenvalue weighted by atomic mass is 10.0. The smallest absolute Gasteiger partial charge is 0.261 e. The summed E-state index contributed by atoms with van der Waals surface area (Å²) in [5.74, 6) is 0.0998. The van der Waals surface area contributed by atoms with Crippen LogP contribution in [0.15, 0.2) is 49.1 Å². The van der Waals surface area contributed by atoms with Crippen LogP contribution in [-0.4, -0.2) is 29.5 Å². The fourth-order valence-electron chi connectivity index (χ4n) is 2.55. The molecule has 21 heavy (non-hydrogen) atoms. The molecule has 1 amide bonds. The van der Waals surface area contributed by atoms with Crippen LogP contribution < -0.4 is 4.74 Å². The Morgan fingerprint density at radius 2 is 2.19 bits per heavy atom. The zero-order valence-electron chi connectivity index (χ0n) is 12.2. The number of amides is 1. The Labute approximate surface area is 124 Å². The largest absolute Gasteiger partial charge is 0.484 e. The van der Waals surface area contributed by atoms with E-state index in [9.17, 15) is 9.18 Å². The van der Waals surface area contributed by atoms with Gasteiger partial charge in [0.25, 0.3) is 5.91 Å². The van der Waals surface area contributed by atoms with Gasteiger partial charge in [-0.15, -0.1) is 6.58 Å². The summed E-state index contributed by atoms with van der Waals surface area (Å²) < 4.78 is 18.3. The number of ether oxygens (including phenoxy) is 1. The van der Waals surface area contributed by atoms with Crippen LogP contribution in [0.4, 0.5) is 4.39 Å². The normalized spacial score (nSPS) is 21.1. The van der Waals surface area contributed by atoms with Gasteiger partial charge in [0.05, 0.1) is 0 Å². The Kier molecular flexibility index (Phi) is 5.14. The summed E-state index contributed by atoms with van der Waals surface area (Å²) >= 11 is 0. The second-order valence-corrected chi connectivity index (χ2v) is 5.13. The standard InChI is InChI=1S/C17H20FNO2/c1-3-5-15-7-4-6-13(2)19(15)17(20)12-21-16-10-8-14(18)9-11-16/h3-4,6,8-11,13,15H,1,5,7,12H2,2H3/t13-,15-/m1/s1. The van der Waals surface area contributed by atoms with E-state index in [1.54, 1.807) is 0 Å². The van der Waals surface area contributed by atoms with Crippen LogP contribution in [0.1, 0.15) is 19.8 Å². The molecule has 1 aliphatic rings. The van der Waals surface area contributed by atoms with Crippen molar-refractivity contribution in [2.24, 2.45) is 0 Å². The number of hydrogen-bond acceptors (Lipinski definition) is 2. The minimum absolute atomic E-state index is 0.0442. The first-order valence-corrected chi connectivity index (χ1v) is 7.09. The summed E-state index contributed by atoms with van der Waals surface area (Å²) in [5.41, 5.74) is 0. The van der Waals surface area contributed by atoms with Crippen LogP contribution in [0.2, 0.25) is 0 Å². The van der Waals surface area contributed by atoms with Crippen molar-refractivity contribution >= 4 is 5.91 Å². The maximum absolute atomic E-state index is 12.8. The summed E-state index contributed by atoms with van der Waals surface area (Å²) in [4.78, 5) is 14.2. The van der Waals surface area contributed by atoms with E-state index in [4.69, 9.17) is 4.74 Å². The van der Waals surface area contributed by atoms with E-state index in [2.05, 4.69) is 12.7 Å². The number of benzene rings is 1. The predicted octanol–water partition coefficient (Wildman–Crippen LogP) is 3.33. The van der Waals surface area contributed by atoms with Crippen molar-refractivity contribution < 1.29 is 13.9 Å². The summed E-state index contributed by atoms with van der Waals surface area (Å²) in [7, 11) is 0. The maximum atomic E-state index is 12.8. The molecule has 0 saturated carbocycles. The molecule has 0 unspecified atom stereocenters. The molecule has 2 rings (SSSR count). The molecular weight excluding hydrogens is 269 g/mol. The van der Waals surface area contributed by atoms with E-state index in [1.807, 2.05) is 24.0 Å². The van der Waals surface area contributed by atoms with E-state index in [-0.39, 0.29) is 30.4 Å². The van der Waals surface area contributed by atoms with Gasteiger partial charge in [-0.1, -0.05) is 18.2 Å². The Morgan fingerprint density at radius 1 is 1.48 bits per heavy atom. The summed E-state index contributed by atoms with van der Waals surface area (Å²) in [6, 6.07) is 5.84. The summed E-state index contributed by atoms with van der Waals surface area (Å²) in [6.45, 7) is 5.69. The highest BCUT2D eigenvalue weighted by Crippen LogP contribution is 2.21. The van der Waals surface area contributed by atoms with Gasteiger partial charge >= 0.3 is 0 Å². The quantitative estimate of drug-likeness (QED) is 0.778. The van der Waals surface area contributed by atoms with Gasteiger partial charge in [-0.05, 0) is 44.0 Å². The molecule has 0 aliphatic carbocycles. The molecule has 0 spiro atoms. The third kappa shape index (κ3) is 3.94. The lowest BCUT2D eigenvalue weighted by Gasteiger charge is -2.37. The molecule has 1 aliphatic heterocycles. The van der Waals surface area contributed by atoms with E-state index in [0.717, 1.165) is 12.8 Å². The van der Waals surface area contributed by atoms with Crippen LogP contribution in [0.25, 0.3) is 0 Å². The van der Waals surface area contributed by atoms with Gasteiger partial charge in [0.15, 0.2) is 6.61 Å². The van der Waals surface area contributed by atoms with Crippen LogP contribution in [0, 0.1) is 5.82 Å². The van der Waals surface area contributed by atoms with Crippen LogP contribution in [0.5, 0.6) is 5.75 Å². The molecule has 0 fully saturated rings. The predicted molar refractivity (Wildman–Crippen MR) is 80.6 cm³/mol. The molecule has 1 heterocycles. The number of carbonyl (C=O) groups excluding carboxylic acids is 1. The number of carbonyl (C=O) groups is 1. The SMILES string of the molecule is C=CC[C@@H]1CC=C[C@@H](C)N1C(=O)COc1ccc(F)cc1. The Bertz CT molecular complexity index is 524. The molecule has 4 heteroatoms. The molecule has 3 nitrogen and oxygen atoms in total. The first-order chi connectivity index (χ1) is 10.1. The lowest BCUT2D eigenvalue weighted by Crippen LogP contribution is -2.48. The zero-order valence-corrected chi connectivity index (χ0v) is 12.2. The highest BCUT2D eigenvalue weighted by Gasteiger charge is 2.28. The van der Waals surface area contributed by atoms with Crippen molar-refractivity contribution in [2.75, 3.05) is 6.61 Å². The molecule has 1 aromatic carbocycles. The second kappa shape index (κ2) is 7.07.